The summed E-state index contributed by atoms with van der Waals surface area (Å²) in [5.74, 6) is 1.53. The lowest BCUT2D eigenvalue weighted by molar-refractivity contribution is -0.0586. The summed E-state index contributed by atoms with van der Waals surface area (Å²) in [4.78, 5) is 25.3. The minimum Gasteiger partial charge on any atom is -0.372 e. The number of aromatic nitrogens is 2. The summed E-state index contributed by atoms with van der Waals surface area (Å²) < 4.78 is 5.71. The Morgan fingerprint density at radius 1 is 1.21 bits per heavy atom. The van der Waals surface area contributed by atoms with Crippen LogP contribution in [0.2, 0.25) is 5.15 Å². The van der Waals surface area contributed by atoms with Crippen LogP contribution in [0, 0.1) is 0 Å². The van der Waals surface area contributed by atoms with Crippen LogP contribution in [0.3, 0.4) is 0 Å². The van der Waals surface area contributed by atoms with E-state index in [2.05, 4.69) is 9.97 Å². The number of anilines is 1. The molecule has 0 radical (unpaired) electrons. The largest absolute Gasteiger partial charge is 0.372 e. The van der Waals surface area contributed by atoms with Gasteiger partial charge in [0, 0.05) is 44.6 Å². The molecule has 1 aliphatic heterocycles. The van der Waals surface area contributed by atoms with Crippen molar-refractivity contribution in [3.63, 3.8) is 0 Å². The Balaban J connectivity index is 1.62. The number of amides is 1. The quantitative estimate of drug-likeness (QED) is 0.417. The van der Waals surface area contributed by atoms with E-state index in [0.717, 1.165) is 11.4 Å². The number of benzene rings is 1. The predicted molar refractivity (Wildman–Crippen MR) is 113 cm³/mol. The van der Waals surface area contributed by atoms with Gasteiger partial charge in [0.25, 0.3) is 5.91 Å². The van der Waals surface area contributed by atoms with Crippen molar-refractivity contribution >= 4 is 35.1 Å². The van der Waals surface area contributed by atoms with E-state index in [1.807, 2.05) is 62.0 Å². The third kappa shape index (κ3) is 5.37. The molecule has 0 aliphatic carbocycles. The maximum Gasteiger partial charge on any atom is 0.254 e. The molecule has 1 fully saturated rings. The van der Waals surface area contributed by atoms with E-state index in [4.69, 9.17) is 16.3 Å². The van der Waals surface area contributed by atoms with Crippen LogP contribution in [0.5, 0.6) is 0 Å². The summed E-state index contributed by atoms with van der Waals surface area (Å²) in [6, 6.07) is 9.45. The smallest absolute Gasteiger partial charge is 0.254 e. The Morgan fingerprint density at radius 3 is 2.46 bits per heavy atom. The van der Waals surface area contributed by atoms with Crippen molar-refractivity contribution in [3.8, 4) is 0 Å². The van der Waals surface area contributed by atoms with Gasteiger partial charge in [-0.3, -0.25) is 4.79 Å². The second-order valence-corrected chi connectivity index (χ2v) is 8.51. The Morgan fingerprint density at radius 2 is 1.86 bits per heavy atom. The van der Waals surface area contributed by atoms with Crippen molar-refractivity contribution in [2.75, 3.05) is 32.1 Å². The highest BCUT2D eigenvalue weighted by Gasteiger charge is 2.26. The lowest BCUT2D eigenvalue weighted by Crippen LogP contribution is -2.48. The third-order valence-corrected chi connectivity index (χ3v) is 5.51. The van der Waals surface area contributed by atoms with Gasteiger partial charge in [-0.2, -0.15) is 0 Å². The maximum atomic E-state index is 12.7. The van der Waals surface area contributed by atoms with E-state index in [-0.39, 0.29) is 18.1 Å². The molecule has 1 aliphatic rings. The van der Waals surface area contributed by atoms with Crippen LogP contribution in [0.1, 0.15) is 29.8 Å². The molecule has 3 rings (SSSR count). The number of hydrogen-bond donors (Lipinski definition) is 0. The van der Waals surface area contributed by atoms with Crippen LogP contribution in [0.4, 0.5) is 5.82 Å². The van der Waals surface area contributed by atoms with Crippen molar-refractivity contribution in [3.05, 3.63) is 46.6 Å². The molecule has 0 N–H and O–H groups in total. The number of hydrogen-bond acceptors (Lipinski definition) is 6. The predicted octanol–water partition coefficient (Wildman–Crippen LogP) is 3.74. The van der Waals surface area contributed by atoms with Gasteiger partial charge in [-0.1, -0.05) is 35.5 Å². The zero-order valence-corrected chi connectivity index (χ0v) is 18.1. The lowest BCUT2D eigenvalue weighted by atomic mass is 10.1. The Labute approximate surface area is 175 Å². The number of halogens is 1. The molecule has 28 heavy (non-hydrogen) atoms. The van der Waals surface area contributed by atoms with Gasteiger partial charge >= 0.3 is 0 Å². The van der Waals surface area contributed by atoms with Crippen molar-refractivity contribution in [1.29, 1.82) is 0 Å². The van der Waals surface area contributed by atoms with E-state index in [9.17, 15) is 4.79 Å². The second kappa shape index (κ2) is 9.11. The van der Waals surface area contributed by atoms with Gasteiger partial charge in [-0.25, -0.2) is 9.97 Å². The summed E-state index contributed by atoms with van der Waals surface area (Å²) in [6.45, 7) is 5.24. The first kappa shape index (κ1) is 20.9. The standard InChI is InChI=1S/C20H25ClN4O2S/c1-13-10-25(11-14(2)27-13)19(26)16-7-5-15(6-8-16)12-28-20-22-17(21)9-18(23-20)24(3)4/h5-9,13-14H,10-12H2,1-4H3. The molecule has 2 aromatic rings. The van der Waals surface area contributed by atoms with Gasteiger partial charge in [0.2, 0.25) is 0 Å². The van der Waals surface area contributed by atoms with Crippen LogP contribution >= 0.6 is 23.4 Å². The summed E-state index contributed by atoms with van der Waals surface area (Å²) in [5.41, 5.74) is 1.80. The molecule has 1 aromatic heterocycles. The minimum absolute atomic E-state index is 0.0509. The number of morpholine rings is 1. The zero-order chi connectivity index (χ0) is 20.3. The molecule has 0 bridgehead atoms. The minimum atomic E-state index is 0.0509. The molecule has 1 aromatic carbocycles. The van der Waals surface area contributed by atoms with Gasteiger partial charge in [-0.05, 0) is 31.5 Å². The fourth-order valence-corrected chi connectivity index (χ4v) is 4.13. The van der Waals surface area contributed by atoms with E-state index in [1.165, 1.54) is 11.8 Å². The average molecular weight is 421 g/mol. The SMILES string of the molecule is CC1CN(C(=O)c2ccc(CSc3nc(Cl)cc(N(C)C)n3)cc2)CC(C)O1. The third-order valence-electron chi connectivity index (χ3n) is 4.39. The highest BCUT2D eigenvalue weighted by Crippen LogP contribution is 2.24. The molecule has 150 valence electrons. The average Bonchev–Trinajstić information content (AvgIpc) is 2.65. The van der Waals surface area contributed by atoms with Crippen LogP contribution in [-0.4, -0.2) is 60.2 Å². The van der Waals surface area contributed by atoms with E-state index < -0.39 is 0 Å². The normalized spacial score (nSPS) is 19.5. The Kier molecular flexibility index (Phi) is 6.80. The second-order valence-electron chi connectivity index (χ2n) is 7.18. The molecular formula is C20H25ClN4O2S. The van der Waals surface area contributed by atoms with Crippen LogP contribution in [0.25, 0.3) is 0 Å². The molecule has 2 heterocycles. The summed E-state index contributed by atoms with van der Waals surface area (Å²) in [7, 11) is 3.83. The molecule has 1 saturated heterocycles. The van der Waals surface area contributed by atoms with Crippen molar-refractivity contribution < 1.29 is 9.53 Å². The van der Waals surface area contributed by atoms with Gasteiger partial charge in [-0.15, -0.1) is 0 Å². The van der Waals surface area contributed by atoms with Gasteiger partial charge in [0.15, 0.2) is 5.16 Å². The molecule has 1 amide bonds. The van der Waals surface area contributed by atoms with E-state index in [0.29, 0.717) is 34.7 Å². The van der Waals surface area contributed by atoms with E-state index in [1.54, 1.807) is 6.07 Å². The highest BCUT2D eigenvalue weighted by molar-refractivity contribution is 7.98. The monoisotopic (exact) mass is 420 g/mol. The fourth-order valence-electron chi connectivity index (χ4n) is 3.10. The summed E-state index contributed by atoms with van der Waals surface area (Å²) in [6.07, 6.45) is 0.126. The summed E-state index contributed by atoms with van der Waals surface area (Å²) >= 11 is 7.60. The number of rotatable bonds is 5. The van der Waals surface area contributed by atoms with Gasteiger partial charge in [0.1, 0.15) is 11.0 Å². The highest BCUT2D eigenvalue weighted by atomic mass is 35.5. The molecule has 2 unspecified atom stereocenters. The first-order chi connectivity index (χ1) is 13.3. The number of carbonyl (C=O) groups is 1. The number of thioether (sulfide) groups is 1. The first-order valence-corrected chi connectivity index (χ1v) is 10.6. The molecule has 2 atom stereocenters. The van der Waals surface area contributed by atoms with E-state index >= 15 is 0 Å². The molecule has 8 heteroatoms. The Hall–Kier alpha value is -1.83. The van der Waals surface area contributed by atoms with Crippen molar-refractivity contribution in [1.82, 2.24) is 14.9 Å². The Bertz CT molecular complexity index is 821. The number of carbonyl (C=O) groups excluding carboxylic acids is 1. The molecule has 0 spiro atoms. The van der Waals surface area contributed by atoms with Crippen LogP contribution in [0.15, 0.2) is 35.5 Å². The van der Waals surface area contributed by atoms with Gasteiger partial charge < -0.3 is 14.5 Å². The first-order valence-electron chi connectivity index (χ1n) is 9.20. The maximum absolute atomic E-state index is 12.7. The van der Waals surface area contributed by atoms with Crippen molar-refractivity contribution in [2.24, 2.45) is 0 Å². The van der Waals surface area contributed by atoms with Crippen LogP contribution in [-0.2, 0) is 10.5 Å². The lowest BCUT2D eigenvalue weighted by Gasteiger charge is -2.35. The number of ether oxygens (including phenoxy) is 1. The molecular weight excluding hydrogens is 396 g/mol. The number of nitrogens with zero attached hydrogens (tertiary/aromatic N) is 4. The zero-order valence-electron chi connectivity index (χ0n) is 16.6. The van der Waals surface area contributed by atoms with Crippen LogP contribution < -0.4 is 4.90 Å². The van der Waals surface area contributed by atoms with Gasteiger partial charge in [0.05, 0.1) is 12.2 Å². The topological polar surface area (TPSA) is 58.6 Å². The molecule has 0 saturated carbocycles. The fraction of sp³-hybridized carbons (Fsp3) is 0.450. The molecule has 6 nitrogen and oxygen atoms in total. The summed E-state index contributed by atoms with van der Waals surface area (Å²) in [5, 5.41) is 1.06. The van der Waals surface area contributed by atoms with Crippen molar-refractivity contribution in [2.45, 2.75) is 37.0 Å².